The van der Waals surface area contributed by atoms with E-state index in [-0.39, 0.29) is 34.0 Å². The van der Waals surface area contributed by atoms with Crippen LogP contribution >= 0.6 is 0 Å². The van der Waals surface area contributed by atoms with Crippen LogP contribution in [0.1, 0.15) is 129 Å². The van der Waals surface area contributed by atoms with E-state index in [2.05, 4.69) is 182 Å². The molecule has 6 aromatic carbocycles. The summed E-state index contributed by atoms with van der Waals surface area (Å²) >= 11 is 0. The number of nitrogens with zero attached hydrogens (tertiary/aromatic N) is 2. The highest BCUT2D eigenvalue weighted by molar-refractivity contribution is 6.93. The van der Waals surface area contributed by atoms with Crippen molar-refractivity contribution in [3.05, 3.63) is 131 Å². The van der Waals surface area contributed by atoms with Crippen molar-refractivity contribution < 1.29 is 4.42 Å². The summed E-state index contributed by atoms with van der Waals surface area (Å²) in [5, 5.41) is 2.35. The topological polar surface area (TPSA) is 19.6 Å². The Morgan fingerprint density at radius 3 is 2.05 bits per heavy atom. The summed E-state index contributed by atoms with van der Waals surface area (Å²) < 4.78 is 6.77. The first kappa shape index (κ1) is 37.5. The predicted octanol–water partition coefficient (Wildman–Crippen LogP) is 14.2. The lowest BCUT2D eigenvalue weighted by Gasteiger charge is -2.53. The van der Waals surface area contributed by atoms with Gasteiger partial charge in [0.1, 0.15) is 11.2 Å². The molecule has 3 nitrogen and oxygen atoms in total. The van der Waals surface area contributed by atoms with E-state index >= 15 is 0 Å². The third-order valence-electron chi connectivity index (χ3n) is 16.9. The number of aryl methyl sites for hydroxylation is 1. The van der Waals surface area contributed by atoms with Crippen LogP contribution in [0.4, 0.5) is 22.7 Å². The molecule has 0 bridgehead atoms. The van der Waals surface area contributed by atoms with E-state index in [1.165, 1.54) is 127 Å². The van der Waals surface area contributed by atoms with Crippen LogP contribution < -0.4 is 20.6 Å². The normalized spacial score (nSPS) is 22.8. The monoisotopic (exact) mass is 798 g/mol. The zero-order valence-corrected chi connectivity index (χ0v) is 37.9. The van der Waals surface area contributed by atoms with E-state index in [1.54, 1.807) is 5.56 Å². The summed E-state index contributed by atoms with van der Waals surface area (Å²) in [5.74, 6) is 0. The van der Waals surface area contributed by atoms with Gasteiger partial charge < -0.3 is 14.1 Å². The van der Waals surface area contributed by atoms with Crippen molar-refractivity contribution in [1.82, 2.24) is 0 Å². The third-order valence-corrected chi connectivity index (χ3v) is 16.9. The minimum Gasteiger partial charge on any atom is -0.456 e. The maximum atomic E-state index is 6.77. The summed E-state index contributed by atoms with van der Waals surface area (Å²) in [4.78, 5) is 5.70. The molecule has 1 aromatic heterocycles. The van der Waals surface area contributed by atoms with Crippen LogP contribution in [-0.2, 0) is 21.7 Å². The molecule has 61 heavy (non-hydrogen) atoms. The minimum absolute atomic E-state index is 0.00741. The summed E-state index contributed by atoms with van der Waals surface area (Å²) in [6.07, 6.45) is 7.28. The second-order valence-corrected chi connectivity index (χ2v) is 22.4. The Bertz CT molecular complexity index is 3040. The second kappa shape index (κ2) is 12.0. The lowest BCUT2D eigenvalue weighted by molar-refractivity contribution is 0.195. The van der Waals surface area contributed by atoms with Crippen molar-refractivity contribution in [1.29, 1.82) is 0 Å². The fourth-order valence-electron chi connectivity index (χ4n) is 13.0. The Labute approximate surface area is 363 Å². The number of furan rings is 1. The summed E-state index contributed by atoms with van der Waals surface area (Å²) in [6, 6.07) is 40.2. The number of fused-ring (bicyclic) bond motifs is 11. The Morgan fingerprint density at radius 2 is 1.30 bits per heavy atom. The number of anilines is 4. The first-order chi connectivity index (χ1) is 29.0. The lowest BCUT2D eigenvalue weighted by atomic mass is 9.42. The average Bonchev–Trinajstić information content (AvgIpc) is 3.70. The van der Waals surface area contributed by atoms with Crippen LogP contribution in [0.15, 0.2) is 108 Å². The molecule has 1 saturated carbocycles. The van der Waals surface area contributed by atoms with Gasteiger partial charge in [0.05, 0.1) is 5.54 Å². The van der Waals surface area contributed by atoms with Gasteiger partial charge in [0.2, 0.25) is 0 Å². The highest BCUT2D eigenvalue weighted by Gasteiger charge is 2.62. The third kappa shape index (κ3) is 4.88. The molecule has 2 atom stereocenters. The van der Waals surface area contributed by atoms with Crippen molar-refractivity contribution in [2.75, 3.05) is 9.71 Å². The van der Waals surface area contributed by atoms with Crippen LogP contribution in [0.25, 0.3) is 44.2 Å². The zero-order chi connectivity index (χ0) is 42.2. The van der Waals surface area contributed by atoms with Gasteiger partial charge in [0, 0.05) is 44.5 Å². The van der Waals surface area contributed by atoms with Gasteiger partial charge >= 0.3 is 6.85 Å². The SMILES string of the molecule is Cc1cc2c(cc1N1B3c4cc(C(C)(C)C)cc5c4N(c4cc(-c6ccccc6)cc(c43)-c3cc4oc6ccccc6c4cc31)C1(C)CCCCC51C)C(C)(C)CCC2(C)C. The van der Waals surface area contributed by atoms with Gasteiger partial charge in [0.15, 0.2) is 0 Å². The summed E-state index contributed by atoms with van der Waals surface area (Å²) in [7, 11) is 0. The molecule has 0 saturated heterocycles. The molecule has 5 aliphatic rings. The first-order valence-electron chi connectivity index (χ1n) is 23.1. The van der Waals surface area contributed by atoms with E-state index in [1.807, 2.05) is 0 Å². The number of hydrogen-bond acceptors (Lipinski definition) is 3. The summed E-state index contributed by atoms with van der Waals surface area (Å²) in [6.45, 7) is 24.7. The van der Waals surface area contributed by atoms with Crippen LogP contribution in [0.3, 0.4) is 0 Å². The lowest BCUT2D eigenvalue weighted by Crippen LogP contribution is -2.65. The summed E-state index contributed by atoms with van der Waals surface area (Å²) in [5.41, 5.74) is 22.8. The van der Waals surface area contributed by atoms with Crippen molar-refractivity contribution in [2.45, 2.75) is 135 Å². The molecule has 2 aliphatic carbocycles. The van der Waals surface area contributed by atoms with Gasteiger partial charge in [-0.2, -0.15) is 0 Å². The molecular weight excluding hydrogens is 739 g/mol. The predicted molar refractivity (Wildman–Crippen MR) is 260 cm³/mol. The Hall–Kier alpha value is -5.22. The molecule has 12 rings (SSSR count). The molecule has 0 radical (unpaired) electrons. The number of hydrogen-bond donors (Lipinski definition) is 0. The van der Waals surface area contributed by atoms with E-state index in [9.17, 15) is 0 Å². The number of para-hydroxylation sites is 1. The van der Waals surface area contributed by atoms with E-state index < -0.39 is 0 Å². The fraction of sp³-hybridized carbons (Fsp3) is 0.368. The quantitative estimate of drug-likeness (QED) is 0.162. The van der Waals surface area contributed by atoms with Gasteiger partial charge in [-0.15, -0.1) is 0 Å². The van der Waals surface area contributed by atoms with Gasteiger partial charge in [-0.25, -0.2) is 0 Å². The standard InChI is InChI=1S/C57H59BN2O/c1-34-26-42-43(55(7,8)25-24-54(42,5)6)33-46(34)60-47-31-40-38-20-14-15-21-49(38)61-50(40)32-39(47)41-27-36(35-18-12-11-13-19-35)28-48-51(41)58(60)45-30-37(53(2,3)4)29-44-52(45)59(48)57(10)23-17-16-22-56(44,57)9/h11-15,18-21,26-33H,16-17,22-25H2,1-10H3. The molecule has 0 spiro atoms. The molecule has 2 unspecified atom stereocenters. The van der Waals surface area contributed by atoms with Crippen LogP contribution in [0, 0.1) is 6.92 Å². The zero-order valence-electron chi connectivity index (χ0n) is 37.9. The van der Waals surface area contributed by atoms with Gasteiger partial charge in [-0.1, -0.05) is 135 Å². The Kier molecular flexibility index (Phi) is 7.40. The van der Waals surface area contributed by atoms with Gasteiger partial charge in [0.25, 0.3) is 0 Å². The molecular formula is C57H59BN2O. The van der Waals surface area contributed by atoms with E-state index in [0.29, 0.717) is 0 Å². The molecule has 1 fully saturated rings. The fourth-order valence-corrected chi connectivity index (χ4v) is 13.0. The maximum Gasteiger partial charge on any atom is 0.333 e. The van der Waals surface area contributed by atoms with Crippen LogP contribution in [-0.4, -0.2) is 12.4 Å². The Balaban J connectivity index is 1.26. The second-order valence-electron chi connectivity index (χ2n) is 22.4. The Morgan fingerprint density at radius 1 is 0.590 bits per heavy atom. The molecule has 4 heterocycles. The van der Waals surface area contributed by atoms with Crippen molar-refractivity contribution >= 4 is 62.5 Å². The number of benzene rings is 6. The first-order valence-corrected chi connectivity index (χ1v) is 23.1. The molecule has 0 N–H and O–H groups in total. The van der Waals surface area contributed by atoms with Gasteiger partial charge in [-0.05, 0) is 148 Å². The highest BCUT2D eigenvalue weighted by atomic mass is 16.3. The minimum atomic E-state index is -0.0714. The smallest absolute Gasteiger partial charge is 0.333 e. The van der Waals surface area contributed by atoms with Gasteiger partial charge in [-0.3, -0.25) is 0 Å². The van der Waals surface area contributed by atoms with E-state index in [4.69, 9.17) is 4.42 Å². The number of rotatable bonds is 2. The van der Waals surface area contributed by atoms with E-state index in [0.717, 1.165) is 11.2 Å². The average molecular weight is 799 g/mol. The van der Waals surface area contributed by atoms with Crippen LogP contribution in [0.2, 0.25) is 0 Å². The largest absolute Gasteiger partial charge is 0.456 e. The molecule has 4 heteroatoms. The van der Waals surface area contributed by atoms with Crippen molar-refractivity contribution in [3.8, 4) is 22.3 Å². The van der Waals surface area contributed by atoms with Crippen LogP contribution in [0.5, 0.6) is 0 Å². The van der Waals surface area contributed by atoms with Crippen molar-refractivity contribution in [2.24, 2.45) is 0 Å². The molecule has 3 aliphatic heterocycles. The molecule has 0 amide bonds. The highest BCUT2D eigenvalue weighted by Crippen LogP contribution is 2.63. The molecule has 306 valence electrons. The van der Waals surface area contributed by atoms with Crippen molar-refractivity contribution in [3.63, 3.8) is 0 Å². The molecule has 7 aromatic rings. The maximum absolute atomic E-state index is 6.77.